The zero-order valence-electron chi connectivity index (χ0n) is 20.5. The van der Waals surface area contributed by atoms with Crippen LogP contribution in [0.1, 0.15) is 25.1 Å². The molecule has 9 nitrogen and oxygen atoms in total. The van der Waals surface area contributed by atoms with Crippen LogP contribution in [0.2, 0.25) is 0 Å². The second kappa shape index (κ2) is 8.83. The van der Waals surface area contributed by atoms with Crippen LogP contribution < -0.4 is 16.4 Å². The number of nitrogens with two attached hydrogens (primary N) is 1. The molecule has 1 fully saturated rings. The highest BCUT2D eigenvalue weighted by atomic mass is 16.5. The van der Waals surface area contributed by atoms with Gasteiger partial charge in [0.1, 0.15) is 0 Å². The van der Waals surface area contributed by atoms with Crippen molar-refractivity contribution in [2.24, 2.45) is 0 Å². The first kappa shape index (κ1) is 22.4. The van der Waals surface area contributed by atoms with Crippen LogP contribution in [0.25, 0.3) is 39.2 Å². The molecule has 0 unspecified atom stereocenters. The number of nitrogens with zero attached hydrogens (tertiary/aromatic N) is 5. The van der Waals surface area contributed by atoms with Gasteiger partial charge in [-0.2, -0.15) is 0 Å². The highest BCUT2D eigenvalue weighted by molar-refractivity contribution is 5.89. The number of imidazole rings is 2. The van der Waals surface area contributed by atoms with Gasteiger partial charge in [0.15, 0.2) is 11.5 Å². The first-order chi connectivity index (χ1) is 17.6. The topological polar surface area (TPSA) is 106 Å². The van der Waals surface area contributed by atoms with E-state index in [0.717, 1.165) is 70.3 Å². The summed E-state index contributed by atoms with van der Waals surface area (Å²) >= 11 is 0. The number of aryl methyl sites for hydroxylation is 2. The Kier molecular flexibility index (Phi) is 5.49. The Bertz CT molecular complexity index is 1620. The first-order valence-corrected chi connectivity index (χ1v) is 12.4. The molecule has 6 rings (SSSR count). The highest BCUT2D eigenvalue weighted by Gasteiger charge is 2.24. The second-order valence-electron chi connectivity index (χ2n) is 9.08. The maximum atomic E-state index is 12.2. The molecule has 5 aromatic rings. The van der Waals surface area contributed by atoms with Crippen molar-refractivity contribution < 1.29 is 4.74 Å². The molecule has 0 amide bonds. The average molecular weight is 484 g/mol. The lowest BCUT2D eigenvalue weighted by Gasteiger charge is -2.28. The van der Waals surface area contributed by atoms with Crippen LogP contribution in [0, 0.1) is 0 Å². The fourth-order valence-corrected chi connectivity index (χ4v) is 4.98. The normalized spacial score (nSPS) is 14.2. The summed E-state index contributed by atoms with van der Waals surface area (Å²) in [5.74, 6) is 6.91. The van der Waals surface area contributed by atoms with Gasteiger partial charge in [0.2, 0.25) is 0 Å². The summed E-state index contributed by atoms with van der Waals surface area (Å²) in [4.78, 5) is 27.3. The number of fused-ring (bicyclic) bond motifs is 2. The highest BCUT2D eigenvalue weighted by Crippen LogP contribution is 2.37. The van der Waals surface area contributed by atoms with E-state index in [0.29, 0.717) is 24.2 Å². The molecule has 1 aliphatic rings. The number of nitrogen functional groups attached to an aromatic ring is 1. The molecule has 0 radical (unpaired) electrons. The van der Waals surface area contributed by atoms with Gasteiger partial charge in [-0.05, 0) is 30.5 Å². The third-order valence-electron chi connectivity index (χ3n) is 7.00. The summed E-state index contributed by atoms with van der Waals surface area (Å²) in [6, 6.07) is 14.4. The van der Waals surface area contributed by atoms with E-state index in [4.69, 9.17) is 20.5 Å². The standard InChI is InChI=1S/C27H29N7O2/c1-3-17-5-7-18(8-6-17)23-24(19-9-10-21-22(15-19)34(28)27(35)30-21)33-20(4-2)16-29-25(26(33)31-23)32-11-13-36-14-12-32/h5-10,15-16H,3-4,11-14,28H2,1-2H3,(H,30,35). The minimum absolute atomic E-state index is 0.344. The van der Waals surface area contributed by atoms with Gasteiger partial charge < -0.3 is 20.5 Å². The number of anilines is 1. The van der Waals surface area contributed by atoms with Crippen LogP contribution in [0.4, 0.5) is 5.82 Å². The Morgan fingerprint density at radius 1 is 1.03 bits per heavy atom. The minimum Gasteiger partial charge on any atom is -0.378 e. The van der Waals surface area contributed by atoms with Gasteiger partial charge in [0, 0.05) is 36.1 Å². The Hall–Kier alpha value is -4.11. The zero-order chi connectivity index (χ0) is 24.8. The summed E-state index contributed by atoms with van der Waals surface area (Å²) in [6.07, 6.45) is 3.71. The molecule has 2 aromatic carbocycles. The van der Waals surface area contributed by atoms with E-state index in [1.165, 1.54) is 5.56 Å². The van der Waals surface area contributed by atoms with Crippen molar-refractivity contribution in [1.82, 2.24) is 24.0 Å². The number of hydrogen-bond acceptors (Lipinski definition) is 6. The molecule has 1 aliphatic heterocycles. The Morgan fingerprint density at radius 2 is 1.78 bits per heavy atom. The maximum Gasteiger partial charge on any atom is 0.344 e. The third kappa shape index (κ3) is 3.54. The summed E-state index contributed by atoms with van der Waals surface area (Å²) in [6.45, 7) is 7.15. The molecule has 184 valence electrons. The second-order valence-corrected chi connectivity index (χ2v) is 9.08. The monoisotopic (exact) mass is 483 g/mol. The number of H-pyrrole nitrogens is 1. The summed E-state index contributed by atoms with van der Waals surface area (Å²) in [5.41, 5.74) is 7.92. The van der Waals surface area contributed by atoms with E-state index in [1.807, 2.05) is 24.4 Å². The van der Waals surface area contributed by atoms with Crippen LogP contribution in [-0.4, -0.2) is 50.3 Å². The van der Waals surface area contributed by atoms with Crippen LogP contribution >= 0.6 is 0 Å². The smallest absolute Gasteiger partial charge is 0.344 e. The molecule has 36 heavy (non-hydrogen) atoms. The van der Waals surface area contributed by atoms with Crippen LogP contribution in [0.5, 0.6) is 0 Å². The molecule has 3 N–H and O–H groups in total. The number of aromatic amines is 1. The maximum absolute atomic E-state index is 12.2. The van der Waals surface area contributed by atoms with Crippen LogP contribution in [0.15, 0.2) is 53.5 Å². The van der Waals surface area contributed by atoms with Crippen LogP contribution in [0.3, 0.4) is 0 Å². The molecule has 3 aromatic heterocycles. The van der Waals surface area contributed by atoms with Gasteiger partial charge in [-0.3, -0.25) is 4.40 Å². The van der Waals surface area contributed by atoms with Crippen molar-refractivity contribution >= 4 is 22.5 Å². The van der Waals surface area contributed by atoms with Crippen molar-refractivity contribution in [2.75, 3.05) is 37.0 Å². The number of rotatable bonds is 5. The molecule has 4 heterocycles. The summed E-state index contributed by atoms with van der Waals surface area (Å²) in [7, 11) is 0. The van der Waals surface area contributed by atoms with Gasteiger partial charge in [-0.1, -0.05) is 44.2 Å². The van der Waals surface area contributed by atoms with E-state index in [1.54, 1.807) is 0 Å². The molecule has 0 aliphatic carbocycles. The predicted octanol–water partition coefficient (Wildman–Crippen LogP) is 3.38. The number of nitrogens with one attached hydrogen (secondary N) is 1. The molecular weight excluding hydrogens is 454 g/mol. The fraction of sp³-hybridized carbons (Fsp3) is 0.296. The lowest BCUT2D eigenvalue weighted by molar-refractivity contribution is 0.122. The van der Waals surface area contributed by atoms with E-state index >= 15 is 0 Å². The van der Waals surface area contributed by atoms with E-state index in [-0.39, 0.29) is 5.69 Å². The Labute approximate surface area is 208 Å². The molecule has 0 bridgehead atoms. The largest absolute Gasteiger partial charge is 0.378 e. The minimum atomic E-state index is -0.344. The van der Waals surface area contributed by atoms with Gasteiger partial charge in [0.25, 0.3) is 0 Å². The van der Waals surface area contributed by atoms with E-state index in [9.17, 15) is 4.79 Å². The van der Waals surface area contributed by atoms with Crippen molar-refractivity contribution in [3.63, 3.8) is 0 Å². The van der Waals surface area contributed by atoms with Gasteiger partial charge >= 0.3 is 5.69 Å². The first-order valence-electron chi connectivity index (χ1n) is 12.4. The SMILES string of the molecule is CCc1ccc(-c2nc3c(N4CCOCC4)ncc(CC)n3c2-c2ccc3[nH]c(=O)n(N)c3c2)cc1. The van der Waals surface area contributed by atoms with Crippen LogP contribution in [-0.2, 0) is 17.6 Å². The molecule has 0 saturated carbocycles. The number of morpholine rings is 1. The molecule has 9 heteroatoms. The number of aromatic nitrogens is 5. The van der Waals surface area contributed by atoms with Crippen molar-refractivity contribution in [3.05, 3.63) is 70.4 Å². The average Bonchev–Trinajstić information content (AvgIpc) is 3.46. The quantitative estimate of drug-likeness (QED) is 0.371. The van der Waals surface area contributed by atoms with Crippen molar-refractivity contribution in [3.8, 4) is 22.5 Å². The molecule has 1 saturated heterocycles. The number of benzene rings is 2. The lowest BCUT2D eigenvalue weighted by atomic mass is 10.0. The molecule has 0 spiro atoms. The Balaban J connectivity index is 1.67. The van der Waals surface area contributed by atoms with E-state index < -0.39 is 0 Å². The number of ether oxygens (including phenoxy) is 1. The summed E-state index contributed by atoms with van der Waals surface area (Å²) < 4.78 is 8.95. The Morgan fingerprint density at radius 3 is 2.50 bits per heavy atom. The van der Waals surface area contributed by atoms with Crippen molar-refractivity contribution in [2.45, 2.75) is 26.7 Å². The van der Waals surface area contributed by atoms with Gasteiger partial charge in [-0.25, -0.2) is 19.4 Å². The fourth-order valence-electron chi connectivity index (χ4n) is 4.98. The number of hydrogen-bond donors (Lipinski definition) is 2. The van der Waals surface area contributed by atoms with Gasteiger partial charge in [-0.15, -0.1) is 0 Å². The predicted molar refractivity (Wildman–Crippen MR) is 142 cm³/mol. The molecular formula is C27H29N7O2. The molecule has 0 atom stereocenters. The summed E-state index contributed by atoms with van der Waals surface area (Å²) in [5, 5.41) is 0. The zero-order valence-corrected chi connectivity index (χ0v) is 20.5. The third-order valence-corrected chi connectivity index (χ3v) is 7.00. The van der Waals surface area contributed by atoms with Crippen molar-refractivity contribution in [1.29, 1.82) is 0 Å². The lowest BCUT2D eigenvalue weighted by Crippen LogP contribution is -2.37. The van der Waals surface area contributed by atoms with Gasteiger partial charge in [0.05, 0.1) is 35.6 Å². The van der Waals surface area contributed by atoms with E-state index in [2.05, 4.69) is 52.4 Å².